The smallest absolute Gasteiger partial charge is 0.00472 e. The molecular formula is C16H30S. The number of hydrogen-bond donors (Lipinski definition) is 0. The van der Waals surface area contributed by atoms with Gasteiger partial charge in [-0.15, -0.1) is 0 Å². The van der Waals surface area contributed by atoms with Crippen LogP contribution in [-0.2, 0) is 0 Å². The van der Waals surface area contributed by atoms with Gasteiger partial charge in [-0.3, -0.25) is 0 Å². The molecule has 1 unspecified atom stereocenters. The Labute approximate surface area is 111 Å². The van der Waals surface area contributed by atoms with E-state index in [9.17, 15) is 0 Å². The fourth-order valence-corrected chi connectivity index (χ4v) is 3.97. The van der Waals surface area contributed by atoms with Gasteiger partial charge in [0, 0.05) is 0 Å². The van der Waals surface area contributed by atoms with Gasteiger partial charge in [0.05, 0.1) is 0 Å². The van der Waals surface area contributed by atoms with E-state index in [4.69, 9.17) is 0 Å². The molecule has 1 heterocycles. The van der Waals surface area contributed by atoms with E-state index in [1.807, 2.05) is 0 Å². The van der Waals surface area contributed by atoms with Gasteiger partial charge in [0.1, 0.15) is 0 Å². The summed E-state index contributed by atoms with van der Waals surface area (Å²) in [6.45, 7) is 2.29. The van der Waals surface area contributed by atoms with Crippen LogP contribution in [0.5, 0.6) is 0 Å². The predicted octanol–water partition coefficient (Wildman–Crippen LogP) is 5.90. The maximum Gasteiger partial charge on any atom is -0.00472 e. The minimum atomic E-state index is 0.555. The Kier molecular flexibility index (Phi) is 9.78. The third-order valence-corrected chi connectivity index (χ3v) is 5.34. The summed E-state index contributed by atoms with van der Waals surface area (Å²) in [5.41, 5.74) is 0. The first kappa shape index (κ1) is 15.0. The number of allylic oxidation sites excluding steroid dienone is 1. The lowest BCUT2D eigenvalue weighted by atomic mass is 10.1. The fourth-order valence-electron chi connectivity index (χ4n) is 2.29. The molecule has 0 saturated carbocycles. The first-order chi connectivity index (χ1) is 8.43. The van der Waals surface area contributed by atoms with E-state index in [1.54, 1.807) is 0 Å². The molecule has 0 aromatic carbocycles. The minimum Gasteiger partial charge on any atom is -0.166 e. The molecule has 1 aliphatic rings. The second-order valence-electron chi connectivity index (χ2n) is 5.12. The van der Waals surface area contributed by atoms with Gasteiger partial charge in [0.25, 0.3) is 0 Å². The lowest BCUT2D eigenvalue weighted by Crippen LogP contribution is -1.83. The van der Waals surface area contributed by atoms with Crippen molar-refractivity contribution >= 4 is 15.9 Å². The molecule has 0 saturated heterocycles. The molecule has 100 valence electrons. The highest BCUT2D eigenvalue weighted by Gasteiger charge is 1.96. The molecule has 0 fully saturated rings. The van der Waals surface area contributed by atoms with E-state index in [0.29, 0.717) is 10.5 Å². The fraction of sp³-hybridized carbons (Fsp3) is 0.812. The Bertz CT molecular complexity index is 228. The van der Waals surface area contributed by atoms with Gasteiger partial charge in [0.2, 0.25) is 0 Å². The maximum atomic E-state index is 2.56. The van der Waals surface area contributed by atoms with Gasteiger partial charge in [-0.2, -0.15) is 10.5 Å². The highest BCUT2D eigenvalue weighted by atomic mass is 32.2. The van der Waals surface area contributed by atoms with Crippen LogP contribution < -0.4 is 0 Å². The normalized spacial score (nSPS) is 19.2. The molecule has 0 nitrogen and oxygen atoms in total. The summed E-state index contributed by atoms with van der Waals surface area (Å²) >= 11 is 0. The molecule has 1 atom stereocenters. The first-order valence-electron chi connectivity index (χ1n) is 7.62. The zero-order chi connectivity index (χ0) is 12.2. The quantitative estimate of drug-likeness (QED) is 0.336. The molecule has 1 heteroatoms. The van der Waals surface area contributed by atoms with Crippen LogP contribution in [0.2, 0.25) is 0 Å². The Morgan fingerprint density at radius 3 is 2.18 bits per heavy atom. The van der Waals surface area contributed by atoms with Gasteiger partial charge < -0.3 is 0 Å². The van der Waals surface area contributed by atoms with Crippen LogP contribution in [-0.4, -0.2) is 11.1 Å². The molecule has 0 aliphatic carbocycles. The lowest BCUT2D eigenvalue weighted by molar-refractivity contribution is 0.569. The molecule has 0 N–H and O–H groups in total. The maximum absolute atomic E-state index is 2.56. The summed E-state index contributed by atoms with van der Waals surface area (Å²) in [6.07, 6.45) is 18.0. The molecule has 0 radical (unpaired) electrons. The average Bonchev–Trinajstić information content (AvgIpc) is 2.85. The zero-order valence-corrected chi connectivity index (χ0v) is 12.4. The van der Waals surface area contributed by atoms with Crippen LogP contribution in [0.4, 0.5) is 0 Å². The van der Waals surface area contributed by atoms with Crippen molar-refractivity contribution in [3.63, 3.8) is 0 Å². The van der Waals surface area contributed by atoms with Gasteiger partial charge in [-0.1, -0.05) is 69.7 Å². The third kappa shape index (κ3) is 8.65. The second-order valence-corrected chi connectivity index (χ2v) is 7.07. The van der Waals surface area contributed by atoms with Gasteiger partial charge >= 0.3 is 0 Å². The predicted molar refractivity (Wildman–Crippen MR) is 84.1 cm³/mol. The van der Waals surface area contributed by atoms with Crippen molar-refractivity contribution in [3.05, 3.63) is 11.5 Å². The van der Waals surface area contributed by atoms with Crippen molar-refractivity contribution < 1.29 is 0 Å². The first-order valence-corrected chi connectivity index (χ1v) is 9.14. The monoisotopic (exact) mass is 254 g/mol. The van der Waals surface area contributed by atoms with E-state index >= 15 is 0 Å². The minimum absolute atomic E-state index is 0.555. The highest BCUT2D eigenvalue weighted by Crippen LogP contribution is 2.23. The van der Waals surface area contributed by atoms with E-state index in [0.717, 1.165) is 0 Å². The standard InChI is InChI=1S/C16H30S/c1-2-3-4-5-6-7-8-9-10-11-14-17-15-12-13-16-17/h12,14-15H,2-11,13,16H2,1H3. The second kappa shape index (κ2) is 11.1. The van der Waals surface area contributed by atoms with E-state index in [-0.39, 0.29) is 0 Å². The van der Waals surface area contributed by atoms with Crippen molar-refractivity contribution in [3.8, 4) is 0 Å². The zero-order valence-electron chi connectivity index (χ0n) is 11.6. The molecule has 1 rings (SSSR count). The van der Waals surface area contributed by atoms with Gasteiger partial charge in [0.15, 0.2) is 0 Å². The summed E-state index contributed by atoms with van der Waals surface area (Å²) in [4.78, 5) is 0. The Balaban J connectivity index is 1.78. The van der Waals surface area contributed by atoms with Crippen molar-refractivity contribution in [1.82, 2.24) is 0 Å². The largest absolute Gasteiger partial charge is 0.166 e. The van der Waals surface area contributed by atoms with Crippen molar-refractivity contribution in [2.24, 2.45) is 0 Å². The molecular weight excluding hydrogens is 224 g/mol. The third-order valence-electron chi connectivity index (χ3n) is 3.43. The van der Waals surface area contributed by atoms with E-state index < -0.39 is 0 Å². The van der Waals surface area contributed by atoms with Crippen LogP contribution in [0.25, 0.3) is 0 Å². The Morgan fingerprint density at radius 1 is 0.941 bits per heavy atom. The Hall–Kier alpha value is -0.0400. The Morgan fingerprint density at radius 2 is 1.59 bits per heavy atom. The molecule has 0 aromatic heterocycles. The molecule has 0 aromatic rings. The topological polar surface area (TPSA) is 0 Å². The summed E-state index contributed by atoms with van der Waals surface area (Å²) in [5.74, 6) is 1.40. The van der Waals surface area contributed by atoms with Crippen LogP contribution in [0.1, 0.15) is 77.6 Å². The number of rotatable bonds is 10. The molecule has 1 aliphatic heterocycles. The summed E-state index contributed by atoms with van der Waals surface area (Å²) in [5, 5.41) is 4.97. The van der Waals surface area contributed by atoms with Crippen molar-refractivity contribution in [1.29, 1.82) is 0 Å². The van der Waals surface area contributed by atoms with Gasteiger partial charge in [-0.25, -0.2) is 0 Å². The van der Waals surface area contributed by atoms with Crippen LogP contribution in [0.3, 0.4) is 0 Å². The summed E-state index contributed by atoms with van der Waals surface area (Å²) in [7, 11) is 0.555. The number of hydrogen-bond acceptors (Lipinski definition) is 0. The molecule has 0 spiro atoms. The van der Waals surface area contributed by atoms with E-state index in [1.165, 1.54) is 76.4 Å². The molecule has 17 heavy (non-hydrogen) atoms. The van der Waals surface area contributed by atoms with Crippen LogP contribution in [0, 0.1) is 0 Å². The lowest BCUT2D eigenvalue weighted by Gasteiger charge is -2.01. The average molecular weight is 254 g/mol. The van der Waals surface area contributed by atoms with E-state index in [2.05, 4.69) is 23.8 Å². The SMILES string of the molecule is CCCCCCCCCCCC=S1C=CCC1. The van der Waals surface area contributed by atoms with Crippen molar-refractivity contribution in [2.75, 3.05) is 5.75 Å². The summed E-state index contributed by atoms with van der Waals surface area (Å²) < 4.78 is 0. The molecule has 0 bridgehead atoms. The number of unbranched alkanes of at least 4 members (excludes halogenated alkanes) is 9. The van der Waals surface area contributed by atoms with Crippen LogP contribution in [0.15, 0.2) is 11.5 Å². The van der Waals surface area contributed by atoms with Crippen molar-refractivity contribution in [2.45, 2.75) is 77.6 Å². The summed E-state index contributed by atoms with van der Waals surface area (Å²) in [6, 6.07) is 0. The van der Waals surface area contributed by atoms with Gasteiger partial charge in [-0.05, 0) is 30.4 Å². The van der Waals surface area contributed by atoms with Crippen LogP contribution >= 0.6 is 10.5 Å². The highest BCUT2D eigenvalue weighted by molar-refractivity contribution is 8.17. The molecule has 0 amide bonds.